The zero-order valence-corrected chi connectivity index (χ0v) is 11.6. The monoisotopic (exact) mass is 261 g/mol. The Balaban J connectivity index is 2.09. The third-order valence-electron chi connectivity index (χ3n) is 4.09. The van der Waals surface area contributed by atoms with Gasteiger partial charge in [0.15, 0.2) is 0 Å². The zero-order valence-electron chi connectivity index (χ0n) is 10.8. The quantitative estimate of drug-likeness (QED) is 0.790. The fourth-order valence-electron chi connectivity index (χ4n) is 2.95. The van der Waals surface area contributed by atoms with Crippen LogP contribution < -0.4 is 5.32 Å². The van der Waals surface area contributed by atoms with E-state index in [-0.39, 0.29) is 5.41 Å². The lowest BCUT2D eigenvalue weighted by Gasteiger charge is -2.27. The Morgan fingerprint density at radius 2 is 2.00 bits per heavy atom. The molecule has 2 aliphatic rings. The van der Waals surface area contributed by atoms with Gasteiger partial charge in [0.05, 0.1) is 0 Å². The SMILES string of the molecule is CCN(CC)S(=O)(=O)N1CCC2(CCNC2)C1. The van der Waals surface area contributed by atoms with Crippen molar-refractivity contribution in [3.05, 3.63) is 0 Å². The molecule has 1 unspecified atom stereocenters. The van der Waals surface area contributed by atoms with Gasteiger partial charge >= 0.3 is 0 Å². The van der Waals surface area contributed by atoms with Gasteiger partial charge in [0, 0.05) is 32.7 Å². The van der Waals surface area contributed by atoms with Crippen molar-refractivity contribution in [2.75, 3.05) is 39.3 Å². The van der Waals surface area contributed by atoms with Crippen LogP contribution in [0.2, 0.25) is 0 Å². The van der Waals surface area contributed by atoms with Crippen molar-refractivity contribution in [2.24, 2.45) is 5.41 Å². The first-order valence-electron chi connectivity index (χ1n) is 6.50. The summed E-state index contributed by atoms with van der Waals surface area (Å²) in [5, 5.41) is 3.35. The average molecular weight is 261 g/mol. The Morgan fingerprint density at radius 1 is 1.29 bits per heavy atom. The summed E-state index contributed by atoms with van der Waals surface area (Å²) in [6.07, 6.45) is 2.11. The van der Waals surface area contributed by atoms with Gasteiger partial charge in [-0.2, -0.15) is 17.0 Å². The summed E-state index contributed by atoms with van der Waals surface area (Å²) in [5.74, 6) is 0. The molecule has 0 aromatic heterocycles. The number of hydrogen-bond donors (Lipinski definition) is 1. The average Bonchev–Trinajstić information content (AvgIpc) is 2.91. The Labute approximate surface area is 104 Å². The zero-order chi connectivity index (χ0) is 12.5. The molecule has 17 heavy (non-hydrogen) atoms. The first-order chi connectivity index (χ1) is 8.04. The largest absolute Gasteiger partial charge is 0.316 e. The molecule has 5 nitrogen and oxygen atoms in total. The van der Waals surface area contributed by atoms with E-state index in [4.69, 9.17) is 0 Å². The molecule has 0 radical (unpaired) electrons. The van der Waals surface area contributed by atoms with Crippen LogP contribution in [0.1, 0.15) is 26.7 Å². The van der Waals surface area contributed by atoms with E-state index < -0.39 is 10.2 Å². The smallest absolute Gasteiger partial charge is 0.281 e. The second kappa shape index (κ2) is 4.84. The van der Waals surface area contributed by atoms with Gasteiger partial charge in [-0.25, -0.2) is 0 Å². The molecule has 0 bridgehead atoms. The highest BCUT2D eigenvalue weighted by atomic mass is 32.2. The minimum Gasteiger partial charge on any atom is -0.316 e. The molecule has 1 N–H and O–H groups in total. The van der Waals surface area contributed by atoms with E-state index in [2.05, 4.69) is 5.32 Å². The van der Waals surface area contributed by atoms with Gasteiger partial charge in [-0.3, -0.25) is 0 Å². The number of hydrogen-bond acceptors (Lipinski definition) is 3. The topological polar surface area (TPSA) is 52.7 Å². The first kappa shape index (κ1) is 13.3. The maximum atomic E-state index is 12.4. The van der Waals surface area contributed by atoms with Crippen LogP contribution in [0.4, 0.5) is 0 Å². The van der Waals surface area contributed by atoms with Gasteiger partial charge in [0.1, 0.15) is 0 Å². The van der Waals surface area contributed by atoms with Crippen LogP contribution in [0.15, 0.2) is 0 Å². The molecule has 2 rings (SSSR count). The molecule has 1 spiro atoms. The third-order valence-corrected chi connectivity index (χ3v) is 6.23. The van der Waals surface area contributed by atoms with Crippen molar-refractivity contribution in [2.45, 2.75) is 26.7 Å². The molecule has 2 heterocycles. The summed E-state index contributed by atoms with van der Waals surface area (Å²) in [6, 6.07) is 0. The second-order valence-electron chi connectivity index (χ2n) is 5.10. The minimum absolute atomic E-state index is 0.209. The molecule has 2 aliphatic heterocycles. The van der Waals surface area contributed by atoms with E-state index in [1.807, 2.05) is 13.8 Å². The van der Waals surface area contributed by atoms with Crippen LogP contribution in [-0.4, -0.2) is 56.3 Å². The highest BCUT2D eigenvalue weighted by Gasteiger charge is 2.45. The first-order valence-corrected chi connectivity index (χ1v) is 7.90. The van der Waals surface area contributed by atoms with Gasteiger partial charge in [-0.15, -0.1) is 0 Å². The minimum atomic E-state index is -3.23. The Morgan fingerprint density at radius 3 is 2.53 bits per heavy atom. The molecular formula is C11H23N3O2S. The Hall–Kier alpha value is -0.170. The second-order valence-corrected chi connectivity index (χ2v) is 7.03. The molecule has 100 valence electrons. The van der Waals surface area contributed by atoms with E-state index >= 15 is 0 Å². The molecule has 0 aromatic rings. The van der Waals surface area contributed by atoms with Gasteiger partial charge in [0.25, 0.3) is 10.2 Å². The number of rotatable bonds is 4. The highest BCUT2D eigenvalue weighted by molar-refractivity contribution is 7.86. The molecule has 2 saturated heterocycles. The van der Waals surface area contributed by atoms with Crippen LogP contribution in [0.3, 0.4) is 0 Å². The standard InChI is InChI=1S/C11H23N3O2S/c1-3-13(4-2)17(15,16)14-8-6-11(10-14)5-7-12-9-11/h12H,3-10H2,1-2H3. The molecule has 0 saturated carbocycles. The lowest BCUT2D eigenvalue weighted by Crippen LogP contribution is -2.43. The summed E-state index contributed by atoms with van der Waals surface area (Å²) >= 11 is 0. The Kier molecular flexibility index (Phi) is 3.77. The van der Waals surface area contributed by atoms with E-state index in [9.17, 15) is 8.42 Å². The van der Waals surface area contributed by atoms with Gasteiger partial charge in [0.2, 0.25) is 0 Å². The van der Waals surface area contributed by atoms with Crippen molar-refractivity contribution >= 4 is 10.2 Å². The molecule has 0 aliphatic carbocycles. The van der Waals surface area contributed by atoms with Crippen molar-refractivity contribution in [3.8, 4) is 0 Å². The molecule has 1 atom stereocenters. The third kappa shape index (κ3) is 2.36. The maximum Gasteiger partial charge on any atom is 0.281 e. The van der Waals surface area contributed by atoms with Crippen LogP contribution in [0.25, 0.3) is 0 Å². The van der Waals surface area contributed by atoms with Crippen LogP contribution in [-0.2, 0) is 10.2 Å². The maximum absolute atomic E-state index is 12.4. The normalized spacial score (nSPS) is 30.8. The molecular weight excluding hydrogens is 238 g/mol. The van der Waals surface area contributed by atoms with E-state index in [1.54, 1.807) is 8.61 Å². The summed E-state index contributed by atoms with van der Waals surface area (Å²) in [5.41, 5.74) is 0.209. The predicted molar refractivity (Wildman–Crippen MR) is 68.0 cm³/mol. The molecule has 6 heteroatoms. The summed E-state index contributed by atoms with van der Waals surface area (Å²) in [6.45, 7) is 8.27. The number of nitrogens with one attached hydrogen (secondary N) is 1. The van der Waals surface area contributed by atoms with Crippen molar-refractivity contribution in [3.63, 3.8) is 0 Å². The van der Waals surface area contributed by atoms with Crippen molar-refractivity contribution < 1.29 is 8.42 Å². The predicted octanol–water partition coefficient (Wildman–Crippen LogP) is 0.258. The lowest BCUT2D eigenvalue weighted by atomic mass is 9.87. The van der Waals surface area contributed by atoms with Crippen LogP contribution in [0.5, 0.6) is 0 Å². The van der Waals surface area contributed by atoms with Gasteiger partial charge in [-0.05, 0) is 24.8 Å². The fourth-order valence-corrected chi connectivity index (χ4v) is 4.69. The number of nitrogens with zero attached hydrogens (tertiary/aromatic N) is 2. The molecule has 0 amide bonds. The summed E-state index contributed by atoms with van der Waals surface area (Å²) in [7, 11) is -3.23. The van der Waals surface area contributed by atoms with E-state index in [1.165, 1.54) is 0 Å². The van der Waals surface area contributed by atoms with E-state index in [0.717, 1.165) is 25.9 Å². The lowest BCUT2D eigenvalue weighted by molar-refractivity contribution is 0.322. The summed E-state index contributed by atoms with van der Waals surface area (Å²) < 4.78 is 28.0. The van der Waals surface area contributed by atoms with Gasteiger partial charge in [-0.1, -0.05) is 13.8 Å². The van der Waals surface area contributed by atoms with Crippen LogP contribution in [0, 0.1) is 5.41 Å². The van der Waals surface area contributed by atoms with Gasteiger partial charge < -0.3 is 5.32 Å². The summed E-state index contributed by atoms with van der Waals surface area (Å²) in [4.78, 5) is 0. The molecule has 2 fully saturated rings. The molecule has 0 aromatic carbocycles. The Bertz CT molecular complexity index is 359. The van der Waals surface area contributed by atoms with Crippen LogP contribution >= 0.6 is 0 Å². The van der Waals surface area contributed by atoms with E-state index in [0.29, 0.717) is 26.2 Å². The van der Waals surface area contributed by atoms with Crippen molar-refractivity contribution in [1.82, 2.24) is 13.9 Å². The van der Waals surface area contributed by atoms with Crippen molar-refractivity contribution in [1.29, 1.82) is 0 Å². The highest BCUT2D eigenvalue weighted by Crippen LogP contribution is 2.37. The fraction of sp³-hybridized carbons (Fsp3) is 1.00.